The summed E-state index contributed by atoms with van der Waals surface area (Å²) in [6.07, 6.45) is 0.0296. The molecule has 3 rings (SSSR count). The number of methoxy groups -OCH3 is 2. The van der Waals surface area contributed by atoms with E-state index in [2.05, 4.69) is 15.4 Å². The van der Waals surface area contributed by atoms with E-state index >= 15 is 0 Å². The van der Waals surface area contributed by atoms with Gasteiger partial charge < -0.3 is 20.1 Å². The van der Waals surface area contributed by atoms with Crippen LogP contribution in [0.2, 0.25) is 0 Å². The number of anilines is 2. The molecule has 184 valence electrons. The maximum Gasteiger partial charge on any atom is 0.261 e. The van der Waals surface area contributed by atoms with Crippen molar-refractivity contribution in [2.24, 2.45) is 0 Å². The fourth-order valence-corrected chi connectivity index (χ4v) is 4.17. The number of amides is 2. The molecule has 0 unspecified atom stereocenters. The van der Waals surface area contributed by atoms with Gasteiger partial charge in [-0.15, -0.1) is 0 Å². The van der Waals surface area contributed by atoms with E-state index in [0.29, 0.717) is 28.4 Å². The highest BCUT2D eigenvalue weighted by atomic mass is 32.2. The molecule has 10 heteroatoms. The van der Waals surface area contributed by atoms with E-state index in [1.54, 1.807) is 30.3 Å². The third kappa shape index (κ3) is 7.21. The number of carbonyl (C=O) groups excluding carboxylic acids is 2. The van der Waals surface area contributed by atoms with Gasteiger partial charge in [-0.3, -0.25) is 14.3 Å². The molecule has 0 aliphatic rings. The second-order valence-corrected chi connectivity index (χ2v) is 9.33. The molecule has 2 amide bonds. The Morgan fingerprint density at radius 3 is 1.97 bits per heavy atom. The Labute approximate surface area is 204 Å². The average Bonchev–Trinajstić information content (AvgIpc) is 2.85. The normalized spacial score (nSPS) is 10.8. The molecule has 0 heterocycles. The lowest BCUT2D eigenvalue weighted by Crippen LogP contribution is -2.27. The predicted molar refractivity (Wildman–Crippen MR) is 134 cm³/mol. The van der Waals surface area contributed by atoms with Crippen LogP contribution in [0.4, 0.5) is 11.4 Å². The second-order valence-electron chi connectivity index (χ2n) is 7.65. The molecule has 0 spiro atoms. The molecule has 0 saturated carbocycles. The van der Waals surface area contributed by atoms with E-state index in [4.69, 9.17) is 9.47 Å². The summed E-state index contributed by atoms with van der Waals surface area (Å²) in [6.45, 7) is 2.02. The molecule has 0 aliphatic heterocycles. The van der Waals surface area contributed by atoms with Crippen molar-refractivity contribution in [1.82, 2.24) is 5.32 Å². The molecule has 0 radical (unpaired) electrons. The number of carbonyl (C=O) groups is 2. The number of aryl methyl sites for hydroxylation is 1. The summed E-state index contributed by atoms with van der Waals surface area (Å²) in [5.41, 5.74) is 2.27. The molecule has 0 fully saturated rings. The van der Waals surface area contributed by atoms with Crippen LogP contribution in [-0.2, 0) is 14.8 Å². The minimum atomic E-state index is -3.76. The lowest BCUT2D eigenvalue weighted by molar-refractivity contribution is -0.116. The maximum absolute atomic E-state index is 12.6. The SMILES string of the molecule is COc1cc(OC)cc(C(=O)NCCC(=O)Nc2ccc(S(=O)(=O)Nc3ccc(C)cc3)cc2)c1. The Bertz CT molecular complexity index is 1270. The summed E-state index contributed by atoms with van der Waals surface area (Å²) >= 11 is 0. The number of rotatable bonds is 10. The molecular weight excluding hydrogens is 470 g/mol. The number of hydrogen-bond acceptors (Lipinski definition) is 6. The number of hydrogen-bond donors (Lipinski definition) is 3. The van der Waals surface area contributed by atoms with Gasteiger partial charge >= 0.3 is 0 Å². The molecule has 0 bridgehead atoms. The quantitative estimate of drug-likeness (QED) is 0.394. The first-order valence-electron chi connectivity index (χ1n) is 10.7. The van der Waals surface area contributed by atoms with Crippen LogP contribution >= 0.6 is 0 Å². The second kappa shape index (κ2) is 11.4. The van der Waals surface area contributed by atoms with Crippen LogP contribution in [0.1, 0.15) is 22.3 Å². The molecular formula is C25H27N3O6S. The Hall–Kier alpha value is -4.05. The molecule has 0 aliphatic carbocycles. The summed E-state index contributed by atoms with van der Waals surface area (Å²) < 4.78 is 38.0. The lowest BCUT2D eigenvalue weighted by atomic mass is 10.2. The minimum absolute atomic E-state index is 0.0296. The highest BCUT2D eigenvalue weighted by molar-refractivity contribution is 7.92. The number of benzene rings is 3. The van der Waals surface area contributed by atoms with Crippen LogP contribution < -0.4 is 24.8 Å². The van der Waals surface area contributed by atoms with E-state index in [0.717, 1.165) is 5.56 Å². The third-order valence-electron chi connectivity index (χ3n) is 5.00. The number of nitrogens with one attached hydrogen (secondary N) is 3. The molecule has 3 aromatic carbocycles. The van der Waals surface area contributed by atoms with Crippen molar-refractivity contribution in [1.29, 1.82) is 0 Å². The molecule has 0 atom stereocenters. The van der Waals surface area contributed by atoms with Crippen molar-refractivity contribution in [3.05, 3.63) is 77.9 Å². The molecule has 9 nitrogen and oxygen atoms in total. The highest BCUT2D eigenvalue weighted by Crippen LogP contribution is 2.22. The van der Waals surface area contributed by atoms with Crippen LogP contribution in [0.5, 0.6) is 11.5 Å². The highest BCUT2D eigenvalue weighted by Gasteiger charge is 2.15. The van der Waals surface area contributed by atoms with Gasteiger partial charge in [0.25, 0.3) is 15.9 Å². The number of sulfonamides is 1. The van der Waals surface area contributed by atoms with Gasteiger partial charge in [0.05, 0.1) is 19.1 Å². The lowest BCUT2D eigenvalue weighted by Gasteiger charge is -2.11. The van der Waals surface area contributed by atoms with E-state index < -0.39 is 10.0 Å². The first kappa shape index (κ1) is 25.6. The third-order valence-corrected chi connectivity index (χ3v) is 6.40. The maximum atomic E-state index is 12.6. The Morgan fingerprint density at radius 1 is 0.829 bits per heavy atom. The van der Waals surface area contributed by atoms with Crippen molar-refractivity contribution < 1.29 is 27.5 Å². The predicted octanol–water partition coefficient (Wildman–Crippen LogP) is 3.57. The van der Waals surface area contributed by atoms with Crippen LogP contribution in [0.15, 0.2) is 71.6 Å². The van der Waals surface area contributed by atoms with E-state index in [-0.39, 0.29) is 29.7 Å². The van der Waals surface area contributed by atoms with Gasteiger partial charge in [0.1, 0.15) is 11.5 Å². The zero-order valence-corrected chi connectivity index (χ0v) is 20.4. The van der Waals surface area contributed by atoms with Crippen molar-refractivity contribution in [3.63, 3.8) is 0 Å². The summed E-state index contributed by atoms with van der Waals surface area (Å²) in [4.78, 5) is 24.7. The van der Waals surface area contributed by atoms with Crippen molar-refractivity contribution in [2.75, 3.05) is 30.8 Å². The monoisotopic (exact) mass is 497 g/mol. The summed E-state index contributed by atoms with van der Waals surface area (Å²) in [6, 6.07) is 17.6. The van der Waals surface area contributed by atoms with Crippen molar-refractivity contribution >= 4 is 33.2 Å². The van der Waals surface area contributed by atoms with Gasteiger partial charge in [-0.05, 0) is 55.5 Å². The van der Waals surface area contributed by atoms with E-state index in [1.165, 1.54) is 38.5 Å². The smallest absolute Gasteiger partial charge is 0.261 e. The summed E-state index contributed by atoms with van der Waals surface area (Å²) in [5.74, 6) is 0.256. The number of ether oxygens (including phenoxy) is 2. The first-order chi connectivity index (χ1) is 16.7. The summed E-state index contributed by atoms with van der Waals surface area (Å²) in [5, 5.41) is 5.36. The van der Waals surface area contributed by atoms with Crippen molar-refractivity contribution in [2.45, 2.75) is 18.2 Å². The minimum Gasteiger partial charge on any atom is -0.497 e. The first-order valence-corrected chi connectivity index (χ1v) is 12.2. The zero-order chi connectivity index (χ0) is 25.4. The van der Waals surface area contributed by atoms with Gasteiger partial charge in [0, 0.05) is 36.0 Å². The van der Waals surface area contributed by atoms with Gasteiger partial charge in [0.15, 0.2) is 0 Å². The molecule has 0 saturated heterocycles. The molecule has 3 aromatic rings. The largest absolute Gasteiger partial charge is 0.497 e. The topological polar surface area (TPSA) is 123 Å². The van der Waals surface area contributed by atoms with E-state index in [1.807, 2.05) is 19.1 Å². The van der Waals surface area contributed by atoms with E-state index in [9.17, 15) is 18.0 Å². The van der Waals surface area contributed by atoms with Gasteiger partial charge in [-0.1, -0.05) is 17.7 Å². The van der Waals surface area contributed by atoms with Crippen LogP contribution in [0.3, 0.4) is 0 Å². The fraction of sp³-hybridized carbons (Fsp3) is 0.200. The molecule has 3 N–H and O–H groups in total. The standard InChI is InChI=1S/C25H27N3O6S/c1-17-4-6-20(7-5-17)28-35(31,32)23-10-8-19(9-11-23)27-24(29)12-13-26-25(30)18-14-21(33-2)16-22(15-18)34-3/h4-11,14-16,28H,12-13H2,1-3H3,(H,26,30)(H,27,29). The Morgan fingerprint density at radius 2 is 1.40 bits per heavy atom. The van der Waals surface area contributed by atoms with Crippen LogP contribution in [-0.4, -0.2) is 41.0 Å². The molecule has 0 aromatic heterocycles. The van der Waals surface area contributed by atoms with Crippen LogP contribution in [0.25, 0.3) is 0 Å². The average molecular weight is 498 g/mol. The summed E-state index contributed by atoms with van der Waals surface area (Å²) in [7, 11) is -0.781. The van der Waals surface area contributed by atoms with Gasteiger partial charge in [0.2, 0.25) is 5.91 Å². The fourth-order valence-electron chi connectivity index (χ4n) is 3.11. The van der Waals surface area contributed by atoms with Gasteiger partial charge in [-0.25, -0.2) is 8.42 Å². The van der Waals surface area contributed by atoms with Crippen molar-refractivity contribution in [3.8, 4) is 11.5 Å². The zero-order valence-electron chi connectivity index (χ0n) is 19.6. The Balaban J connectivity index is 1.51. The van der Waals surface area contributed by atoms with Crippen LogP contribution in [0, 0.1) is 6.92 Å². The molecule has 35 heavy (non-hydrogen) atoms. The Kier molecular flexibility index (Phi) is 8.32. The van der Waals surface area contributed by atoms with Gasteiger partial charge in [-0.2, -0.15) is 0 Å².